The van der Waals surface area contributed by atoms with Crippen LogP contribution in [-0.4, -0.2) is 19.1 Å². The number of ether oxygens (including phenoxy) is 1. The van der Waals surface area contributed by atoms with E-state index in [1.54, 1.807) is 0 Å². The number of amides is 1. The Kier molecular flexibility index (Phi) is 5.27. The fraction of sp³-hybridized carbons (Fsp3) is 0.278. The molecule has 3 rings (SSSR count). The first-order chi connectivity index (χ1) is 12.3. The highest BCUT2D eigenvalue weighted by atomic mass is 35.5. The third-order valence-electron chi connectivity index (χ3n) is 4.02. The molecule has 0 fully saturated rings. The van der Waals surface area contributed by atoms with Crippen LogP contribution in [0.25, 0.3) is 0 Å². The number of para-hydroxylation sites is 1. The van der Waals surface area contributed by atoms with Gasteiger partial charge in [0.25, 0.3) is 0 Å². The van der Waals surface area contributed by atoms with Crippen molar-refractivity contribution in [3.05, 3.63) is 58.6 Å². The van der Waals surface area contributed by atoms with Gasteiger partial charge >= 0.3 is 6.18 Å². The Morgan fingerprint density at radius 1 is 1.23 bits per heavy atom. The van der Waals surface area contributed by atoms with Crippen molar-refractivity contribution >= 4 is 23.2 Å². The summed E-state index contributed by atoms with van der Waals surface area (Å²) in [5.41, 5.74) is 0.116. The molecule has 4 nitrogen and oxygen atoms in total. The van der Waals surface area contributed by atoms with Gasteiger partial charge in [-0.3, -0.25) is 4.79 Å². The van der Waals surface area contributed by atoms with Crippen LogP contribution in [0.2, 0.25) is 5.02 Å². The number of carbonyl (C=O) groups excluding carboxylic acids is 1. The lowest BCUT2D eigenvalue weighted by atomic mass is 10.0. The van der Waals surface area contributed by atoms with E-state index in [0.717, 1.165) is 23.4 Å². The first-order valence-electron chi connectivity index (χ1n) is 7.96. The highest BCUT2D eigenvalue weighted by Gasteiger charge is 2.33. The topological polar surface area (TPSA) is 50.4 Å². The summed E-state index contributed by atoms with van der Waals surface area (Å²) in [6.07, 6.45) is -3.93. The van der Waals surface area contributed by atoms with Gasteiger partial charge in [-0.2, -0.15) is 13.2 Å². The molecule has 0 spiro atoms. The van der Waals surface area contributed by atoms with Crippen LogP contribution in [0.15, 0.2) is 42.5 Å². The second-order valence-corrected chi connectivity index (χ2v) is 6.25. The van der Waals surface area contributed by atoms with E-state index in [2.05, 4.69) is 10.6 Å². The first-order valence-corrected chi connectivity index (χ1v) is 8.34. The maximum absolute atomic E-state index is 12.9. The Morgan fingerprint density at radius 2 is 2.00 bits per heavy atom. The molecule has 0 aromatic heterocycles. The Hall–Kier alpha value is -2.41. The SMILES string of the molecule is O=C(CNc1ccc(Cl)c(C(F)(F)F)c1)NC1CCOc2ccccc21. The fourth-order valence-electron chi connectivity index (χ4n) is 2.77. The Morgan fingerprint density at radius 3 is 2.77 bits per heavy atom. The van der Waals surface area contributed by atoms with Gasteiger partial charge in [0.2, 0.25) is 5.91 Å². The Bertz CT molecular complexity index is 811. The number of fused-ring (bicyclic) bond motifs is 1. The molecule has 0 saturated heterocycles. The van der Waals surface area contributed by atoms with Gasteiger partial charge in [-0.05, 0) is 24.3 Å². The number of carbonyl (C=O) groups is 1. The zero-order valence-electron chi connectivity index (χ0n) is 13.6. The highest BCUT2D eigenvalue weighted by Crippen LogP contribution is 2.36. The monoisotopic (exact) mass is 384 g/mol. The van der Waals surface area contributed by atoms with Gasteiger partial charge in [0.1, 0.15) is 5.75 Å². The molecule has 2 aromatic carbocycles. The van der Waals surface area contributed by atoms with Crippen LogP contribution in [0.5, 0.6) is 5.75 Å². The van der Waals surface area contributed by atoms with Crippen molar-refractivity contribution in [2.24, 2.45) is 0 Å². The molecular weight excluding hydrogens is 369 g/mol. The van der Waals surface area contributed by atoms with Gasteiger partial charge in [-0.15, -0.1) is 0 Å². The molecular formula is C18H16ClF3N2O2. The predicted octanol–water partition coefficient (Wildman–Crippen LogP) is 4.41. The maximum Gasteiger partial charge on any atom is 0.417 e. The predicted molar refractivity (Wildman–Crippen MR) is 92.4 cm³/mol. The number of anilines is 1. The first kappa shape index (κ1) is 18.4. The minimum Gasteiger partial charge on any atom is -0.493 e. The molecule has 0 radical (unpaired) electrons. The lowest BCUT2D eigenvalue weighted by molar-refractivity contribution is -0.137. The van der Waals surface area contributed by atoms with E-state index in [1.807, 2.05) is 24.3 Å². The van der Waals surface area contributed by atoms with Crippen molar-refractivity contribution in [3.63, 3.8) is 0 Å². The molecule has 1 atom stereocenters. The van der Waals surface area contributed by atoms with Crippen molar-refractivity contribution in [2.75, 3.05) is 18.5 Å². The van der Waals surface area contributed by atoms with Crippen LogP contribution >= 0.6 is 11.6 Å². The second-order valence-electron chi connectivity index (χ2n) is 5.84. The van der Waals surface area contributed by atoms with E-state index in [1.165, 1.54) is 6.07 Å². The summed E-state index contributed by atoms with van der Waals surface area (Å²) in [5, 5.41) is 5.18. The molecule has 1 unspecified atom stereocenters. The minimum atomic E-state index is -4.55. The van der Waals surface area contributed by atoms with Gasteiger partial charge in [-0.25, -0.2) is 0 Å². The van der Waals surface area contributed by atoms with Crippen LogP contribution in [-0.2, 0) is 11.0 Å². The van der Waals surface area contributed by atoms with Crippen molar-refractivity contribution < 1.29 is 22.7 Å². The maximum atomic E-state index is 12.9. The summed E-state index contributed by atoms with van der Waals surface area (Å²) in [7, 11) is 0. The molecule has 1 amide bonds. The molecule has 1 heterocycles. The van der Waals surface area contributed by atoms with Gasteiger partial charge < -0.3 is 15.4 Å². The number of hydrogen-bond acceptors (Lipinski definition) is 3. The second kappa shape index (κ2) is 7.45. The molecule has 2 aromatic rings. The Balaban J connectivity index is 1.62. The number of hydrogen-bond donors (Lipinski definition) is 2. The average Bonchev–Trinajstić information content (AvgIpc) is 2.60. The zero-order chi connectivity index (χ0) is 18.7. The van der Waals surface area contributed by atoms with Crippen LogP contribution in [0, 0.1) is 0 Å². The lowest BCUT2D eigenvalue weighted by Crippen LogP contribution is -2.35. The summed E-state index contributed by atoms with van der Waals surface area (Å²) in [4.78, 5) is 12.2. The molecule has 8 heteroatoms. The van der Waals surface area contributed by atoms with E-state index < -0.39 is 11.7 Å². The molecule has 1 aliphatic rings. The summed E-state index contributed by atoms with van der Waals surface area (Å²) in [5.74, 6) is 0.403. The smallest absolute Gasteiger partial charge is 0.417 e. The van der Waals surface area contributed by atoms with Gasteiger partial charge in [0.15, 0.2) is 0 Å². The van der Waals surface area contributed by atoms with Gasteiger partial charge in [-0.1, -0.05) is 29.8 Å². The largest absolute Gasteiger partial charge is 0.493 e. The zero-order valence-corrected chi connectivity index (χ0v) is 14.3. The standard InChI is InChI=1S/C18H16ClF3N2O2/c19-14-6-5-11(9-13(14)18(20,21)22)23-10-17(25)24-15-7-8-26-16-4-2-1-3-12(15)16/h1-6,9,15,23H,7-8,10H2,(H,24,25). The lowest BCUT2D eigenvalue weighted by Gasteiger charge is -2.26. The van der Waals surface area contributed by atoms with Crippen LogP contribution in [0.1, 0.15) is 23.6 Å². The number of halogens is 4. The minimum absolute atomic E-state index is 0.154. The number of rotatable bonds is 4. The molecule has 0 aliphatic carbocycles. The van der Waals surface area contributed by atoms with Crippen LogP contribution in [0.4, 0.5) is 18.9 Å². The Labute approximate surface area is 153 Å². The van der Waals surface area contributed by atoms with E-state index in [9.17, 15) is 18.0 Å². The van der Waals surface area contributed by atoms with E-state index >= 15 is 0 Å². The van der Waals surface area contributed by atoms with Crippen LogP contribution in [0.3, 0.4) is 0 Å². The quantitative estimate of drug-likeness (QED) is 0.821. The van der Waals surface area contributed by atoms with Crippen molar-refractivity contribution in [1.29, 1.82) is 0 Å². The van der Waals surface area contributed by atoms with E-state index in [4.69, 9.17) is 16.3 Å². The normalized spacial score (nSPS) is 16.4. The molecule has 26 heavy (non-hydrogen) atoms. The fourth-order valence-corrected chi connectivity index (χ4v) is 3.00. The molecule has 0 bridgehead atoms. The number of alkyl halides is 3. The highest BCUT2D eigenvalue weighted by molar-refractivity contribution is 6.31. The van der Waals surface area contributed by atoms with Gasteiger partial charge in [0.05, 0.1) is 29.8 Å². The summed E-state index contributed by atoms with van der Waals surface area (Å²) in [6, 6.07) is 10.7. The number of nitrogens with one attached hydrogen (secondary N) is 2. The third kappa shape index (κ3) is 4.22. The summed E-state index contributed by atoms with van der Waals surface area (Å²) < 4.78 is 44.2. The molecule has 0 saturated carbocycles. The average molecular weight is 385 g/mol. The molecule has 138 valence electrons. The van der Waals surface area contributed by atoms with Crippen molar-refractivity contribution in [2.45, 2.75) is 18.6 Å². The van der Waals surface area contributed by atoms with Gasteiger partial charge in [0, 0.05) is 17.7 Å². The van der Waals surface area contributed by atoms with E-state index in [0.29, 0.717) is 13.0 Å². The molecule has 1 aliphatic heterocycles. The van der Waals surface area contributed by atoms with Crippen molar-refractivity contribution in [3.8, 4) is 5.75 Å². The van der Waals surface area contributed by atoms with Crippen molar-refractivity contribution in [1.82, 2.24) is 5.32 Å². The van der Waals surface area contributed by atoms with E-state index in [-0.39, 0.29) is 29.2 Å². The summed E-state index contributed by atoms with van der Waals surface area (Å²) in [6.45, 7) is 0.333. The number of benzene rings is 2. The molecule has 2 N–H and O–H groups in total. The third-order valence-corrected chi connectivity index (χ3v) is 4.35. The summed E-state index contributed by atoms with van der Waals surface area (Å²) >= 11 is 5.58. The van der Waals surface area contributed by atoms with Crippen LogP contribution < -0.4 is 15.4 Å².